The number of amides is 2. The largest absolute Gasteiger partial charge is 0.416 e. The number of benzene rings is 3. The van der Waals surface area contributed by atoms with Crippen LogP contribution in [0.3, 0.4) is 0 Å². The molecule has 1 saturated heterocycles. The zero-order valence-electron chi connectivity index (χ0n) is 23.3. The molecule has 1 aliphatic heterocycles. The Morgan fingerprint density at radius 3 is 2.22 bits per heavy atom. The van der Waals surface area contributed by atoms with Gasteiger partial charge in [-0.25, -0.2) is 9.97 Å². The Kier molecular flexibility index (Phi) is 7.62. The molecule has 2 amide bonds. The number of carbonyl (C=O) groups is 2. The summed E-state index contributed by atoms with van der Waals surface area (Å²) < 4.78 is 79.1. The lowest BCUT2D eigenvalue weighted by Crippen LogP contribution is -2.40. The number of fused-ring (bicyclic) bond motifs is 1. The lowest BCUT2D eigenvalue weighted by molar-refractivity contribution is -0.192. The number of nitrogens with zero attached hydrogens (tertiary/aromatic N) is 3. The van der Waals surface area contributed by atoms with E-state index in [9.17, 15) is 35.9 Å². The quantitative estimate of drug-likeness (QED) is 0.204. The average Bonchev–Trinajstić information content (AvgIpc) is 3.78. The van der Waals surface area contributed by atoms with Gasteiger partial charge in [-0.3, -0.25) is 9.59 Å². The summed E-state index contributed by atoms with van der Waals surface area (Å²) in [6.07, 6.45) is -8.69. The molecule has 4 aromatic rings. The van der Waals surface area contributed by atoms with Crippen LogP contribution in [0.15, 0.2) is 60.7 Å². The van der Waals surface area contributed by atoms with E-state index in [1.54, 1.807) is 18.2 Å². The van der Waals surface area contributed by atoms with Gasteiger partial charge < -0.3 is 15.5 Å². The molecule has 0 bridgehead atoms. The molecule has 2 N–H and O–H groups in total. The Morgan fingerprint density at radius 2 is 1.62 bits per heavy atom. The Morgan fingerprint density at radius 1 is 0.911 bits per heavy atom. The maximum absolute atomic E-state index is 13.3. The molecule has 3 aromatic carbocycles. The predicted molar refractivity (Wildman–Crippen MR) is 156 cm³/mol. The standard InChI is InChI=1S/C31H24ClF6N5O2/c32-23-9-2-17(16-39-28(45)29(10-11-29)31(36,37)38)14-22(23)27(44)40-20-7-8-21-24(15-20)41-25(42-26(21)43-12-1-13-43)18-3-5-19(6-4-18)30(33,34)35/h2-9,14-15H,1,10-13,16H2,(H,39,45)(H,40,44). The number of hydrogen-bond acceptors (Lipinski definition) is 5. The zero-order chi connectivity index (χ0) is 32.1. The number of hydrogen-bond donors (Lipinski definition) is 2. The second-order valence-electron chi connectivity index (χ2n) is 11.0. The van der Waals surface area contributed by atoms with Gasteiger partial charge in [0.1, 0.15) is 11.2 Å². The SMILES string of the molecule is O=C(Nc1ccc2c(N3CCC3)nc(-c3ccc(C(F)(F)F)cc3)nc2c1)c1cc(CNC(=O)C2(C(F)(F)F)CC2)ccc1Cl. The van der Waals surface area contributed by atoms with Crippen LogP contribution in [0.1, 0.15) is 40.7 Å². The molecule has 234 valence electrons. The summed E-state index contributed by atoms with van der Waals surface area (Å²) in [4.78, 5) is 36.7. The first-order valence-electron chi connectivity index (χ1n) is 13.9. The van der Waals surface area contributed by atoms with Crippen molar-refractivity contribution in [3.63, 3.8) is 0 Å². The van der Waals surface area contributed by atoms with Gasteiger partial charge >= 0.3 is 12.4 Å². The van der Waals surface area contributed by atoms with Gasteiger partial charge in [-0.1, -0.05) is 29.8 Å². The van der Waals surface area contributed by atoms with Gasteiger partial charge in [-0.15, -0.1) is 0 Å². The van der Waals surface area contributed by atoms with Crippen molar-refractivity contribution in [2.45, 2.75) is 38.2 Å². The molecule has 1 aliphatic carbocycles. The fourth-order valence-electron chi connectivity index (χ4n) is 5.07. The van der Waals surface area contributed by atoms with E-state index in [4.69, 9.17) is 11.6 Å². The molecule has 14 heteroatoms. The molecule has 0 spiro atoms. The molecule has 1 saturated carbocycles. The van der Waals surface area contributed by atoms with E-state index in [0.29, 0.717) is 33.5 Å². The third-order valence-electron chi connectivity index (χ3n) is 8.02. The minimum absolute atomic E-state index is 0.0369. The average molecular weight is 648 g/mol. The fraction of sp³-hybridized carbons (Fsp3) is 0.290. The molecule has 6 rings (SSSR count). The van der Waals surface area contributed by atoms with Crippen molar-refractivity contribution in [2.24, 2.45) is 5.41 Å². The summed E-state index contributed by atoms with van der Waals surface area (Å²) in [6, 6.07) is 13.8. The van der Waals surface area contributed by atoms with Gasteiger partial charge in [0.15, 0.2) is 5.82 Å². The molecule has 0 radical (unpaired) electrons. The third-order valence-corrected chi connectivity index (χ3v) is 8.35. The molecular weight excluding hydrogens is 624 g/mol. The Labute approximate surface area is 257 Å². The highest BCUT2D eigenvalue weighted by Crippen LogP contribution is 2.57. The topological polar surface area (TPSA) is 87.2 Å². The first-order chi connectivity index (χ1) is 21.2. The number of anilines is 2. The zero-order valence-corrected chi connectivity index (χ0v) is 24.1. The van der Waals surface area contributed by atoms with Crippen LogP contribution in [-0.2, 0) is 17.5 Å². The van der Waals surface area contributed by atoms with Crippen LogP contribution in [-0.4, -0.2) is 41.0 Å². The maximum Gasteiger partial charge on any atom is 0.416 e. The summed E-state index contributed by atoms with van der Waals surface area (Å²) in [6.45, 7) is 1.28. The number of rotatable bonds is 7. The molecular formula is C31H24ClF6N5O2. The van der Waals surface area contributed by atoms with Crippen molar-refractivity contribution < 1.29 is 35.9 Å². The van der Waals surface area contributed by atoms with E-state index in [1.165, 1.54) is 30.3 Å². The monoisotopic (exact) mass is 647 g/mol. The summed E-state index contributed by atoms with van der Waals surface area (Å²) in [7, 11) is 0. The van der Waals surface area contributed by atoms with Crippen LogP contribution in [0.2, 0.25) is 5.02 Å². The van der Waals surface area contributed by atoms with E-state index in [0.717, 1.165) is 31.6 Å². The van der Waals surface area contributed by atoms with Crippen LogP contribution >= 0.6 is 11.6 Å². The van der Waals surface area contributed by atoms with Gasteiger partial charge in [0.2, 0.25) is 5.91 Å². The highest BCUT2D eigenvalue weighted by Gasteiger charge is 2.68. The van der Waals surface area contributed by atoms with Crippen LogP contribution in [0.4, 0.5) is 37.8 Å². The van der Waals surface area contributed by atoms with Gasteiger partial charge in [-0.05, 0) is 67.3 Å². The summed E-state index contributed by atoms with van der Waals surface area (Å²) >= 11 is 6.27. The first-order valence-corrected chi connectivity index (χ1v) is 14.3. The van der Waals surface area contributed by atoms with Gasteiger partial charge in [-0.2, -0.15) is 26.3 Å². The second kappa shape index (κ2) is 11.2. The van der Waals surface area contributed by atoms with E-state index in [-0.39, 0.29) is 35.8 Å². The molecule has 2 fully saturated rings. The number of halogens is 7. The van der Waals surface area contributed by atoms with E-state index in [1.807, 2.05) is 4.90 Å². The highest BCUT2D eigenvalue weighted by molar-refractivity contribution is 6.34. The van der Waals surface area contributed by atoms with Crippen LogP contribution < -0.4 is 15.5 Å². The van der Waals surface area contributed by atoms with Crippen molar-refractivity contribution in [2.75, 3.05) is 23.3 Å². The summed E-state index contributed by atoms with van der Waals surface area (Å²) in [5.41, 5.74) is -1.56. The summed E-state index contributed by atoms with van der Waals surface area (Å²) in [5.74, 6) is -0.878. The van der Waals surface area contributed by atoms with Crippen molar-refractivity contribution in [3.05, 3.63) is 82.4 Å². The maximum atomic E-state index is 13.3. The van der Waals surface area contributed by atoms with Crippen molar-refractivity contribution >= 4 is 45.8 Å². The minimum atomic E-state index is -4.64. The molecule has 0 atom stereocenters. The Balaban J connectivity index is 1.24. The molecule has 2 aliphatic rings. The fourth-order valence-corrected chi connectivity index (χ4v) is 5.27. The van der Waals surface area contributed by atoms with Gasteiger partial charge in [0, 0.05) is 36.3 Å². The predicted octanol–water partition coefficient (Wildman–Crippen LogP) is 7.39. The smallest absolute Gasteiger partial charge is 0.356 e. The Hall–Kier alpha value is -4.39. The van der Waals surface area contributed by atoms with Crippen molar-refractivity contribution in [1.82, 2.24) is 15.3 Å². The Bertz CT molecular complexity index is 1800. The van der Waals surface area contributed by atoms with Crippen molar-refractivity contribution in [3.8, 4) is 11.4 Å². The van der Waals surface area contributed by atoms with Gasteiger partial charge in [0.05, 0.1) is 21.7 Å². The van der Waals surface area contributed by atoms with Crippen molar-refractivity contribution in [1.29, 1.82) is 0 Å². The number of nitrogens with one attached hydrogen (secondary N) is 2. The molecule has 45 heavy (non-hydrogen) atoms. The molecule has 7 nitrogen and oxygen atoms in total. The van der Waals surface area contributed by atoms with Crippen LogP contribution in [0.5, 0.6) is 0 Å². The van der Waals surface area contributed by atoms with Crippen LogP contribution in [0.25, 0.3) is 22.3 Å². The molecule has 2 heterocycles. The minimum Gasteiger partial charge on any atom is -0.356 e. The molecule has 1 aromatic heterocycles. The third kappa shape index (κ3) is 6.00. The van der Waals surface area contributed by atoms with E-state index < -0.39 is 35.1 Å². The van der Waals surface area contributed by atoms with E-state index in [2.05, 4.69) is 20.6 Å². The normalized spacial score (nSPS) is 15.8. The number of alkyl halides is 6. The lowest BCUT2D eigenvalue weighted by atomic mass is 10.1. The lowest BCUT2D eigenvalue weighted by Gasteiger charge is -2.33. The summed E-state index contributed by atoms with van der Waals surface area (Å²) in [5, 5.41) is 5.82. The highest BCUT2D eigenvalue weighted by atomic mass is 35.5. The first kappa shape index (κ1) is 30.6. The number of aromatic nitrogens is 2. The number of carbonyl (C=O) groups excluding carboxylic acids is 2. The van der Waals surface area contributed by atoms with Crippen LogP contribution in [0, 0.1) is 5.41 Å². The second-order valence-corrected chi connectivity index (χ2v) is 11.5. The van der Waals surface area contributed by atoms with E-state index >= 15 is 0 Å². The van der Waals surface area contributed by atoms with Gasteiger partial charge in [0.25, 0.3) is 5.91 Å². The molecule has 0 unspecified atom stereocenters.